The van der Waals surface area contributed by atoms with Crippen LogP contribution in [0.3, 0.4) is 0 Å². The predicted molar refractivity (Wildman–Crippen MR) is 82.9 cm³/mol. The molecule has 1 nitrogen and oxygen atoms in total. The molecule has 0 saturated carbocycles. The maximum atomic E-state index is 14.0. The van der Waals surface area contributed by atoms with Crippen LogP contribution in [0.4, 0.5) is 4.39 Å². The first-order chi connectivity index (χ1) is 9.02. The van der Waals surface area contributed by atoms with E-state index in [9.17, 15) is 4.39 Å². The topological polar surface area (TPSA) is 9.23 Å². The smallest absolute Gasteiger partial charge is 0.129 e. The number of ether oxygens (including phenoxy) is 1. The molecular weight excluding hydrogens is 398 g/mol. The zero-order valence-electron chi connectivity index (χ0n) is 9.96. The zero-order valence-corrected chi connectivity index (χ0v) is 13.9. The van der Waals surface area contributed by atoms with E-state index in [1.54, 1.807) is 19.2 Å². The van der Waals surface area contributed by atoms with Crippen LogP contribution >= 0.6 is 43.5 Å². The van der Waals surface area contributed by atoms with E-state index in [1.165, 1.54) is 6.07 Å². The summed E-state index contributed by atoms with van der Waals surface area (Å²) in [6.45, 7) is 0. The van der Waals surface area contributed by atoms with Crippen molar-refractivity contribution in [3.8, 4) is 5.75 Å². The highest BCUT2D eigenvalue weighted by Gasteiger charge is 2.19. The lowest BCUT2D eigenvalue weighted by molar-refractivity contribution is 0.410. The van der Waals surface area contributed by atoms with Crippen LogP contribution in [0.1, 0.15) is 16.0 Å². The molecule has 0 spiro atoms. The van der Waals surface area contributed by atoms with Crippen LogP contribution in [0.5, 0.6) is 5.75 Å². The van der Waals surface area contributed by atoms with E-state index in [0.717, 1.165) is 10.0 Å². The molecule has 0 amide bonds. The van der Waals surface area contributed by atoms with Gasteiger partial charge in [-0.25, -0.2) is 4.39 Å². The van der Waals surface area contributed by atoms with Crippen LogP contribution in [0.2, 0.25) is 5.02 Å². The lowest BCUT2D eigenvalue weighted by Crippen LogP contribution is -1.99. The van der Waals surface area contributed by atoms with Crippen molar-refractivity contribution in [2.24, 2.45) is 0 Å². The van der Waals surface area contributed by atoms with Crippen LogP contribution in [0.25, 0.3) is 0 Å². The van der Waals surface area contributed by atoms with Gasteiger partial charge in [0.15, 0.2) is 0 Å². The van der Waals surface area contributed by atoms with Crippen molar-refractivity contribution < 1.29 is 9.13 Å². The van der Waals surface area contributed by atoms with Gasteiger partial charge < -0.3 is 4.74 Å². The van der Waals surface area contributed by atoms with Crippen molar-refractivity contribution in [1.82, 2.24) is 0 Å². The molecule has 1 unspecified atom stereocenters. The molecule has 0 bridgehead atoms. The van der Waals surface area contributed by atoms with Crippen molar-refractivity contribution in [3.05, 3.63) is 62.8 Å². The molecule has 2 aromatic carbocycles. The molecule has 1 atom stereocenters. The first kappa shape index (κ1) is 14.8. The molecule has 0 N–H and O–H groups in total. The summed E-state index contributed by atoms with van der Waals surface area (Å²) in [5.41, 5.74) is 1.36. The van der Waals surface area contributed by atoms with Crippen molar-refractivity contribution in [2.75, 3.05) is 7.11 Å². The lowest BCUT2D eigenvalue weighted by atomic mass is 10.0. The number of alkyl halides is 1. The van der Waals surface area contributed by atoms with Gasteiger partial charge in [0.05, 0.1) is 11.9 Å². The average molecular weight is 408 g/mol. The standard InChI is InChI=1S/C14H10Br2ClFO/c1-19-13-5-2-8(15)6-11(13)14(16)10-4-3-9(17)7-12(10)18/h2-7,14H,1H3. The normalized spacial score (nSPS) is 12.3. The SMILES string of the molecule is COc1ccc(Br)cc1C(Br)c1ccc(Cl)cc1F. The Morgan fingerprint density at radius 3 is 2.53 bits per heavy atom. The highest BCUT2D eigenvalue weighted by atomic mass is 79.9. The lowest BCUT2D eigenvalue weighted by Gasteiger charge is -2.16. The van der Waals surface area contributed by atoms with Crippen LogP contribution in [-0.2, 0) is 0 Å². The summed E-state index contributed by atoms with van der Waals surface area (Å²) in [6, 6.07) is 10.2. The van der Waals surface area contributed by atoms with Crippen LogP contribution < -0.4 is 4.74 Å². The fraction of sp³-hybridized carbons (Fsp3) is 0.143. The predicted octanol–water partition coefficient (Wildman–Crippen LogP) is 5.73. The van der Waals surface area contributed by atoms with E-state index in [1.807, 2.05) is 18.2 Å². The Kier molecular flexibility index (Phi) is 4.87. The maximum Gasteiger partial charge on any atom is 0.129 e. The molecule has 0 saturated heterocycles. The van der Waals surface area contributed by atoms with Gasteiger partial charge in [-0.2, -0.15) is 0 Å². The van der Waals surface area contributed by atoms with Gasteiger partial charge in [-0.3, -0.25) is 0 Å². The van der Waals surface area contributed by atoms with Gasteiger partial charge in [-0.1, -0.05) is 49.5 Å². The third-order valence-electron chi connectivity index (χ3n) is 2.70. The Balaban J connectivity index is 2.49. The van der Waals surface area contributed by atoms with Gasteiger partial charge in [0.1, 0.15) is 11.6 Å². The van der Waals surface area contributed by atoms with Crippen LogP contribution in [0, 0.1) is 5.82 Å². The first-order valence-electron chi connectivity index (χ1n) is 5.45. The van der Waals surface area contributed by atoms with E-state index in [0.29, 0.717) is 16.3 Å². The highest BCUT2D eigenvalue weighted by molar-refractivity contribution is 9.10. The van der Waals surface area contributed by atoms with Crippen molar-refractivity contribution in [2.45, 2.75) is 4.83 Å². The third-order valence-corrected chi connectivity index (χ3v) is 4.42. The Labute approximate surface area is 133 Å². The van der Waals surface area contributed by atoms with Crippen molar-refractivity contribution in [1.29, 1.82) is 0 Å². The van der Waals surface area contributed by atoms with E-state index in [2.05, 4.69) is 31.9 Å². The fourth-order valence-electron chi connectivity index (χ4n) is 1.78. The molecule has 0 aliphatic heterocycles. The summed E-state index contributed by atoms with van der Waals surface area (Å²) < 4.78 is 20.2. The number of halogens is 4. The summed E-state index contributed by atoms with van der Waals surface area (Å²) in [6.07, 6.45) is 0. The summed E-state index contributed by atoms with van der Waals surface area (Å²) in [5, 5.41) is 0.377. The van der Waals surface area contributed by atoms with E-state index >= 15 is 0 Å². The van der Waals surface area contributed by atoms with Gasteiger partial charge in [-0.15, -0.1) is 0 Å². The molecular formula is C14H10Br2ClFO. The van der Waals surface area contributed by atoms with Crippen LogP contribution in [-0.4, -0.2) is 7.11 Å². The molecule has 2 aromatic rings. The Hall–Kier alpha value is -0.580. The molecule has 0 aromatic heterocycles. The number of benzene rings is 2. The second kappa shape index (κ2) is 6.25. The Morgan fingerprint density at radius 2 is 1.89 bits per heavy atom. The molecule has 5 heteroatoms. The first-order valence-corrected chi connectivity index (χ1v) is 7.54. The molecule has 0 aliphatic carbocycles. The Morgan fingerprint density at radius 1 is 1.16 bits per heavy atom. The summed E-state index contributed by atoms with van der Waals surface area (Å²) in [7, 11) is 1.59. The zero-order chi connectivity index (χ0) is 14.0. The minimum absolute atomic E-state index is 0.308. The van der Waals surface area contributed by atoms with Gasteiger partial charge in [0.2, 0.25) is 0 Å². The molecule has 0 fully saturated rings. The second-order valence-corrected chi connectivity index (χ2v) is 6.18. The van der Waals surface area contributed by atoms with Gasteiger partial charge in [0, 0.05) is 20.6 Å². The minimum Gasteiger partial charge on any atom is -0.496 e. The average Bonchev–Trinajstić information content (AvgIpc) is 2.38. The van der Waals surface area contributed by atoms with Gasteiger partial charge in [0.25, 0.3) is 0 Å². The summed E-state index contributed by atoms with van der Waals surface area (Å²) in [4.78, 5) is -0.308. The number of hydrogen-bond donors (Lipinski definition) is 0. The van der Waals surface area contributed by atoms with Crippen molar-refractivity contribution >= 4 is 43.5 Å². The van der Waals surface area contributed by atoms with E-state index in [-0.39, 0.29) is 10.6 Å². The number of methoxy groups -OCH3 is 1. The summed E-state index contributed by atoms with van der Waals surface area (Å²) in [5.74, 6) is 0.343. The van der Waals surface area contributed by atoms with Crippen LogP contribution in [0.15, 0.2) is 40.9 Å². The third kappa shape index (κ3) is 3.30. The molecule has 0 aliphatic rings. The minimum atomic E-state index is -0.351. The number of rotatable bonds is 3. The highest BCUT2D eigenvalue weighted by Crippen LogP contribution is 2.39. The van der Waals surface area contributed by atoms with E-state index in [4.69, 9.17) is 16.3 Å². The maximum absolute atomic E-state index is 14.0. The van der Waals surface area contributed by atoms with E-state index < -0.39 is 0 Å². The molecule has 19 heavy (non-hydrogen) atoms. The van der Waals surface area contributed by atoms with Crippen molar-refractivity contribution in [3.63, 3.8) is 0 Å². The monoisotopic (exact) mass is 406 g/mol. The summed E-state index contributed by atoms with van der Waals surface area (Å²) >= 11 is 12.7. The second-order valence-electron chi connectivity index (χ2n) is 3.91. The molecule has 0 heterocycles. The molecule has 0 radical (unpaired) electrons. The van der Waals surface area contributed by atoms with Gasteiger partial charge >= 0.3 is 0 Å². The quantitative estimate of drug-likeness (QED) is 0.589. The van der Waals surface area contributed by atoms with Gasteiger partial charge in [-0.05, 0) is 30.3 Å². The Bertz CT molecular complexity index is 604. The largest absolute Gasteiger partial charge is 0.496 e. The fourth-order valence-corrected chi connectivity index (χ4v) is 3.04. The number of hydrogen-bond acceptors (Lipinski definition) is 1. The molecule has 2 rings (SSSR count). The molecule has 100 valence electrons.